The van der Waals surface area contributed by atoms with Crippen LogP contribution in [0.5, 0.6) is 0 Å². The number of carbonyl (C=O) groups excluding carboxylic acids is 1. The second-order valence-electron chi connectivity index (χ2n) is 6.66. The summed E-state index contributed by atoms with van der Waals surface area (Å²) in [5, 5.41) is 6.50. The first-order chi connectivity index (χ1) is 9.61. The third-order valence-corrected chi connectivity index (χ3v) is 4.55. The first-order valence-corrected chi connectivity index (χ1v) is 7.74. The Morgan fingerprint density at radius 2 is 2.00 bits per heavy atom. The van der Waals surface area contributed by atoms with Crippen molar-refractivity contribution < 1.29 is 4.79 Å². The second-order valence-corrected chi connectivity index (χ2v) is 6.66. The van der Waals surface area contributed by atoms with E-state index in [4.69, 9.17) is 0 Å². The van der Waals surface area contributed by atoms with Gasteiger partial charge in [0.25, 0.3) is 5.91 Å². The highest BCUT2D eigenvalue weighted by molar-refractivity contribution is 5.99. The average Bonchev–Trinajstić information content (AvgIpc) is 3.27. The summed E-state index contributed by atoms with van der Waals surface area (Å²) in [5.41, 5.74) is 2.14. The summed E-state index contributed by atoms with van der Waals surface area (Å²) in [4.78, 5) is 12.4. The molecule has 0 saturated heterocycles. The molecule has 2 aliphatic rings. The molecule has 3 nitrogen and oxygen atoms in total. The lowest BCUT2D eigenvalue weighted by Gasteiger charge is -2.17. The van der Waals surface area contributed by atoms with Crippen molar-refractivity contribution in [2.45, 2.75) is 45.6 Å². The summed E-state index contributed by atoms with van der Waals surface area (Å²) in [6.07, 6.45) is 5.32. The van der Waals surface area contributed by atoms with Gasteiger partial charge in [0.1, 0.15) is 0 Å². The number of hydrogen-bond donors (Lipinski definition) is 2. The summed E-state index contributed by atoms with van der Waals surface area (Å²) in [5.74, 6) is 0.938. The minimum absolute atomic E-state index is 0.0562. The Morgan fingerprint density at radius 1 is 1.30 bits per heavy atom. The van der Waals surface area contributed by atoms with E-state index in [0.717, 1.165) is 23.7 Å². The number of carbonyl (C=O) groups is 1. The van der Waals surface area contributed by atoms with Crippen molar-refractivity contribution in [3.05, 3.63) is 29.8 Å². The van der Waals surface area contributed by atoms with Crippen LogP contribution < -0.4 is 10.6 Å². The lowest BCUT2D eigenvalue weighted by Crippen LogP contribution is -2.31. The van der Waals surface area contributed by atoms with E-state index >= 15 is 0 Å². The minimum Gasteiger partial charge on any atom is -0.382 e. The van der Waals surface area contributed by atoms with Crippen LogP contribution >= 0.6 is 0 Å². The Hall–Kier alpha value is -1.51. The van der Waals surface area contributed by atoms with Crippen molar-refractivity contribution in [3.8, 4) is 0 Å². The van der Waals surface area contributed by atoms with Crippen LogP contribution in [0.2, 0.25) is 0 Å². The lowest BCUT2D eigenvalue weighted by atomic mass is 10.0. The molecule has 2 N–H and O–H groups in total. The Kier molecular flexibility index (Phi) is 3.45. The molecule has 0 aliphatic heterocycles. The van der Waals surface area contributed by atoms with E-state index in [1.54, 1.807) is 0 Å². The third kappa shape index (κ3) is 2.82. The molecule has 1 amide bonds. The first-order valence-electron chi connectivity index (χ1n) is 7.74. The van der Waals surface area contributed by atoms with Crippen molar-refractivity contribution >= 4 is 11.6 Å². The van der Waals surface area contributed by atoms with Gasteiger partial charge >= 0.3 is 0 Å². The molecule has 2 aliphatic carbocycles. The zero-order valence-electron chi connectivity index (χ0n) is 12.4. The molecular formula is C17H24N2O. The standard InChI is InChI=1S/C17H24N2O/c1-12(2)19-15-6-4-3-5-14(15)16(20)18-11-17(9-10-17)13-7-8-13/h3-6,12-13,19H,7-11H2,1-2H3,(H,18,20). The van der Waals surface area contributed by atoms with E-state index in [0.29, 0.717) is 11.5 Å². The number of hydrogen-bond acceptors (Lipinski definition) is 2. The van der Waals surface area contributed by atoms with E-state index in [-0.39, 0.29) is 5.91 Å². The Balaban J connectivity index is 1.64. The largest absolute Gasteiger partial charge is 0.382 e. The number of amides is 1. The van der Waals surface area contributed by atoms with E-state index in [9.17, 15) is 4.79 Å². The van der Waals surface area contributed by atoms with Crippen molar-refractivity contribution in [2.24, 2.45) is 11.3 Å². The summed E-state index contributed by atoms with van der Waals surface area (Å²) in [6, 6.07) is 8.09. The monoisotopic (exact) mass is 272 g/mol. The maximum absolute atomic E-state index is 12.4. The molecular weight excluding hydrogens is 248 g/mol. The van der Waals surface area contributed by atoms with Gasteiger partial charge in [0.2, 0.25) is 0 Å². The average molecular weight is 272 g/mol. The highest BCUT2D eigenvalue weighted by Gasteiger charge is 2.53. The number of rotatable bonds is 6. The SMILES string of the molecule is CC(C)Nc1ccccc1C(=O)NCC1(C2CC2)CC1. The number of benzene rings is 1. The normalized spacial score (nSPS) is 19.8. The van der Waals surface area contributed by atoms with Gasteiger partial charge in [0.05, 0.1) is 5.56 Å². The molecule has 0 aromatic heterocycles. The van der Waals surface area contributed by atoms with Gasteiger partial charge in [-0.2, -0.15) is 0 Å². The fourth-order valence-corrected chi connectivity index (χ4v) is 3.06. The van der Waals surface area contributed by atoms with Gasteiger partial charge in [-0.1, -0.05) is 12.1 Å². The summed E-state index contributed by atoms with van der Waals surface area (Å²) >= 11 is 0. The van der Waals surface area contributed by atoms with Crippen LogP contribution in [-0.2, 0) is 0 Å². The van der Waals surface area contributed by atoms with Crippen LogP contribution in [0, 0.1) is 11.3 Å². The van der Waals surface area contributed by atoms with Crippen LogP contribution in [0.25, 0.3) is 0 Å². The fraction of sp³-hybridized carbons (Fsp3) is 0.588. The predicted octanol–water partition coefficient (Wildman–Crippen LogP) is 3.43. The molecule has 3 heteroatoms. The highest BCUT2D eigenvalue weighted by atomic mass is 16.1. The lowest BCUT2D eigenvalue weighted by molar-refractivity contribution is 0.0943. The molecule has 0 heterocycles. The van der Waals surface area contributed by atoms with E-state index in [1.807, 2.05) is 24.3 Å². The van der Waals surface area contributed by atoms with Crippen molar-refractivity contribution in [3.63, 3.8) is 0 Å². The molecule has 0 unspecified atom stereocenters. The molecule has 1 aromatic rings. The molecule has 20 heavy (non-hydrogen) atoms. The molecule has 0 spiro atoms. The van der Waals surface area contributed by atoms with Crippen LogP contribution in [0.3, 0.4) is 0 Å². The van der Waals surface area contributed by atoms with E-state index < -0.39 is 0 Å². The molecule has 0 radical (unpaired) electrons. The number of para-hydroxylation sites is 1. The molecule has 108 valence electrons. The molecule has 0 atom stereocenters. The van der Waals surface area contributed by atoms with Crippen LogP contribution in [0.15, 0.2) is 24.3 Å². The van der Waals surface area contributed by atoms with Gasteiger partial charge in [-0.25, -0.2) is 0 Å². The van der Waals surface area contributed by atoms with Gasteiger partial charge in [0, 0.05) is 18.3 Å². The third-order valence-electron chi connectivity index (χ3n) is 4.55. The first kappa shape index (κ1) is 13.5. The van der Waals surface area contributed by atoms with Crippen molar-refractivity contribution in [1.29, 1.82) is 0 Å². The highest BCUT2D eigenvalue weighted by Crippen LogP contribution is 2.60. The van der Waals surface area contributed by atoms with E-state index in [2.05, 4.69) is 24.5 Å². The maximum Gasteiger partial charge on any atom is 0.253 e. The predicted molar refractivity (Wildman–Crippen MR) is 81.9 cm³/mol. The summed E-state index contributed by atoms with van der Waals surface area (Å²) < 4.78 is 0. The van der Waals surface area contributed by atoms with Crippen molar-refractivity contribution in [2.75, 3.05) is 11.9 Å². The zero-order valence-corrected chi connectivity index (χ0v) is 12.4. The van der Waals surface area contributed by atoms with E-state index in [1.165, 1.54) is 25.7 Å². The summed E-state index contributed by atoms with van der Waals surface area (Å²) in [7, 11) is 0. The van der Waals surface area contributed by atoms with Crippen molar-refractivity contribution in [1.82, 2.24) is 5.32 Å². The fourth-order valence-electron chi connectivity index (χ4n) is 3.06. The van der Waals surface area contributed by atoms with Gasteiger partial charge in [0.15, 0.2) is 0 Å². The molecule has 0 bridgehead atoms. The Labute approximate surface area is 121 Å². The van der Waals surface area contributed by atoms with Gasteiger partial charge in [-0.05, 0) is 63.0 Å². The van der Waals surface area contributed by atoms with Crippen LogP contribution in [0.1, 0.15) is 49.9 Å². The molecule has 2 fully saturated rings. The van der Waals surface area contributed by atoms with Gasteiger partial charge in [-0.3, -0.25) is 4.79 Å². The molecule has 3 rings (SSSR count). The van der Waals surface area contributed by atoms with Gasteiger partial charge < -0.3 is 10.6 Å². The van der Waals surface area contributed by atoms with Gasteiger partial charge in [-0.15, -0.1) is 0 Å². The smallest absolute Gasteiger partial charge is 0.253 e. The number of nitrogens with one attached hydrogen (secondary N) is 2. The summed E-state index contributed by atoms with van der Waals surface area (Å²) in [6.45, 7) is 5.02. The topological polar surface area (TPSA) is 41.1 Å². The Morgan fingerprint density at radius 3 is 2.60 bits per heavy atom. The van der Waals surface area contributed by atoms with Crippen LogP contribution in [-0.4, -0.2) is 18.5 Å². The molecule has 2 saturated carbocycles. The second kappa shape index (κ2) is 5.12. The van der Waals surface area contributed by atoms with Crippen LogP contribution in [0.4, 0.5) is 5.69 Å². The molecule has 1 aromatic carbocycles. The zero-order chi connectivity index (χ0) is 14.2. The maximum atomic E-state index is 12.4. The quantitative estimate of drug-likeness (QED) is 0.833. The minimum atomic E-state index is 0.0562. The Bertz CT molecular complexity index is 501. The number of anilines is 1.